The Kier molecular flexibility index (Phi) is 5.04. The predicted octanol–water partition coefficient (Wildman–Crippen LogP) is 3.71. The van der Waals surface area contributed by atoms with Gasteiger partial charge in [0.05, 0.1) is 11.9 Å². The maximum atomic E-state index is 12.1. The highest BCUT2D eigenvalue weighted by Gasteiger charge is 2.10. The number of aryl methyl sites for hydroxylation is 2. The molecule has 1 heterocycles. The van der Waals surface area contributed by atoms with Gasteiger partial charge in [-0.1, -0.05) is 61.0 Å². The molecule has 0 radical (unpaired) electrons. The van der Waals surface area contributed by atoms with E-state index in [-0.39, 0.29) is 5.91 Å². The van der Waals surface area contributed by atoms with E-state index >= 15 is 0 Å². The molecule has 3 aromatic rings. The number of hydrogen-bond acceptors (Lipinski definition) is 3. The number of hydrogen-bond donors (Lipinski definition) is 2. The number of nitrogens with one attached hydrogen (secondary N) is 2. The minimum atomic E-state index is -0.327. The lowest BCUT2D eigenvalue weighted by atomic mass is 10.1. The summed E-state index contributed by atoms with van der Waals surface area (Å²) in [5.41, 5.74) is 7.94. The van der Waals surface area contributed by atoms with E-state index < -0.39 is 0 Å². The lowest BCUT2D eigenvalue weighted by molar-refractivity contribution is 0.0950. The van der Waals surface area contributed by atoms with Crippen molar-refractivity contribution in [3.63, 3.8) is 0 Å². The highest BCUT2D eigenvalue weighted by molar-refractivity contribution is 5.94. The Bertz CT molecular complexity index is 877. The third kappa shape index (κ3) is 4.20. The molecule has 126 valence electrons. The van der Waals surface area contributed by atoms with Gasteiger partial charge in [-0.25, -0.2) is 5.43 Å². The van der Waals surface area contributed by atoms with Crippen LogP contribution in [-0.4, -0.2) is 22.3 Å². The fraction of sp³-hybridized carbons (Fsp3) is 0.150. The fourth-order valence-electron chi connectivity index (χ4n) is 2.38. The molecule has 0 unspecified atom stereocenters. The van der Waals surface area contributed by atoms with Gasteiger partial charge in [0.1, 0.15) is 5.69 Å². The van der Waals surface area contributed by atoms with Gasteiger partial charge in [-0.15, -0.1) is 0 Å². The minimum absolute atomic E-state index is 0.327. The molecule has 0 aliphatic rings. The van der Waals surface area contributed by atoms with Gasteiger partial charge in [0, 0.05) is 5.56 Å². The van der Waals surface area contributed by atoms with Crippen molar-refractivity contribution in [2.75, 3.05) is 0 Å². The Labute approximate surface area is 146 Å². The standard InChI is InChI=1S/C20H20N4O/c1-3-15-6-8-16(9-7-15)13-21-24-20(25)19-12-18(22-23-19)17-10-4-14(2)5-11-17/h4-13H,3H2,1-2H3,(H,22,23)(H,24,25). The van der Waals surface area contributed by atoms with Crippen LogP contribution in [0, 0.1) is 6.92 Å². The van der Waals surface area contributed by atoms with E-state index in [0.717, 1.165) is 23.2 Å². The van der Waals surface area contributed by atoms with Crippen molar-refractivity contribution in [2.24, 2.45) is 5.10 Å². The van der Waals surface area contributed by atoms with E-state index in [1.807, 2.05) is 55.5 Å². The van der Waals surface area contributed by atoms with Crippen molar-refractivity contribution >= 4 is 12.1 Å². The molecule has 3 rings (SSSR count). The zero-order chi connectivity index (χ0) is 17.6. The second kappa shape index (κ2) is 7.57. The SMILES string of the molecule is CCc1ccc(C=NNC(=O)c2cc(-c3ccc(C)cc3)n[nH]2)cc1. The van der Waals surface area contributed by atoms with E-state index in [2.05, 4.69) is 27.6 Å². The van der Waals surface area contributed by atoms with E-state index in [9.17, 15) is 4.79 Å². The topological polar surface area (TPSA) is 70.1 Å². The summed E-state index contributed by atoms with van der Waals surface area (Å²) in [4.78, 5) is 12.1. The van der Waals surface area contributed by atoms with Crippen LogP contribution in [0.5, 0.6) is 0 Å². The van der Waals surface area contributed by atoms with Crippen molar-refractivity contribution in [3.8, 4) is 11.3 Å². The molecule has 0 saturated heterocycles. The number of benzene rings is 2. The summed E-state index contributed by atoms with van der Waals surface area (Å²) in [6.45, 7) is 4.14. The lowest BCUT2D eigenvalue weighted by Crippen LogP contribution is -2.17. The van der Waals surface area contributed by atoms with Crippen LogP contribution >= 0.6 is 0 Å². The van der Waals surface area contributed by atoms with E-state index in [1.165, 1.54) is 11.1 Å². The Balaban J connectivity index is 1.63. The quantitative estimate of drug-likeness (QED) is 0.552. The molecule has 0 saturated carbocycles. The van der Waals surface area contributed by atoms with Crippen LogP contribution in [0.2, 0.25) is 0 Å². The molecule has 5 heteroatoms. The van der Waals surface area contributed by atoms with Crippen molar-refractivity contribution in [2.45, 2.75) is 20.3 Å². The van der Waals surface area contributed by atoms with Crippen LogP contribution in [-0.2, 0) is 6.42 Å². The first kappa shape index (κ1) is 16.6. The average molecular weight is 332 g/mol. The molecule has 2 N–H and O–H groups in total. The van der Waals surface area contributed by atoms with Crippen LogP contribution in [0.25, 0.3) is 11.3 Å². The number of rotatable bonds is 5. The largest absolute Gasteiger partial charge is 0.289 e. The Morgan fingerprint density at radius 3 is 2.56 bits per heavy atom. The first-order valence-corrected chi connectivity index (χ1v) is 8.20. The van der Waals surface area contributed by atoms with Gasteiger partial charge in [0.15, 0.2) is 0 Å². The van der Waals surface area contributed by atoms with Crippen molar-refractivity contribution in [3.05, 3.63) is 77.0 Å². The lowest BCUT2D eigenvalue weighted by Gasteiger charge is -1.98. The van der Waals surface area contributed by atoms with E-state index in [1.54, 1.807) is 12.3 Å². The summed E-state index contributed by atoms with van der Waals surface area (Å²) in [6, 6.07) is 17.7. The third-order valence-corrected chi connectivity index (χ3v) is 3.94. The number of aromatic amines is 1. The maximum absolute atomic E-state index is 12.1. The maximum Gasteiger partial charge on any atom is 0.289 e. The monoisotopic (exact) mass is 332 g/mol. The second-order valence-electron chi connectivity index (χ2n) is 5.83. The van der Waals surface area contributed by atoms with Crippen LogP contribution < -0.4 is 5.43 Å². The smallest absolute Gasteiger partial charge is 0.272 e. The highest BCUT2D eigenvalue weighted by atomic mass is 16.2. The highest BCUT2D eigenvalue weighted by Crippen LogP contribution is 2.18. The molecule has 0 fully saturated rings. The zero-order valence-electron chi connectivity index (χ0n) is 14.3. The first-order valence-electron chi connectivity index (χ1n) is 8.20. The molecule has 25 heavy (non-hydrogen) atoms. The van der Waals surface area contributed by atoms with Gasteiger partial charge >= 0.3 is 0 Å². The minimum Gasteiger partial charge on any atom is -0.272 e. The molecule has 0 atom stereocenters. The van der Waals surface area contributed by atoms with Gasteiger partial charge in [-0.2, -0.15) is 10.2 Å². The molecule has 0 aliphatic carbocycles. The Morgan fingerprint density at radius 2 is 1.88 bits per heavy atom. The molecule has 0 spiro atoms. The fourth-order valence-corrected chi connectivity index (χ4v) is 2.38. The molecule has 1 amide bonds. The summed E-state index contributed by atoms with van der Waals surface area (Å²) in [5.74, 6) is -0.327. The number of carbonyl (C=O) groups is 1. The van der Waals surface area contributed by atoms with Crippen molar-refractivity contribution in [1.82, 2.24) is 15.6 Å². The van der Waals surface area contributed by atoms with E-state index in [0.29, 0.717) is 5.69 Å². The number of H-pyrrole nitrogens is 1. The molecule has 2 aromatic carbocycles. The van der Waals surface area contributed by atoms with Gasteiger partial charge in [0.25, 0.3) is 5.91 Å². The van der Waals surface area contributed by atoms with Crippen LogP contribution in [0.1, 0.15) is 34.1 Å². The molecular formula is C20H20N4O. The molecule has 0 aliphatic heterocycles. The van der Waals surface area contributed by atoms with Crippen LogP contribution in [0.4, 0.5) is 0 Å². The van der Waals surface area contributed by atoms with Gasteiger partial charge < -0.3 is 0 Å². The molecule has 0 bridgehead atoms. The summed E-state index contributed by atoms with van der Waals surface area (Å²) >= 11 is 0. The van der Waals surface area contributed by atoms with Crippen molar-refractivity contribution < 1.29 is 4.79 Å². The second-order valence-corrected chi connectivity index (χ2v) is 5.83. The Morgan fingerprint density at radius 1 is 1.16 bits per heavy atom. The number of aromatic nitrogens is 2. The summed E-state index contributed by atoms with van der Waals surface area (Å²) in [6.07, 6.45) is 2.62. The van der Waals surface area contributed by atoms with Crippen molar-refractivity contribution in [1.29, 1.82) is 0 Å². The van der Waals surface area contributed by atoms with Gasteiger partial charge in [-0.05, 0) is 30.5 Å². The van der Waals surface area contributed by atoms with Gasteiger partial charge in [-0.3, -0.25) is 9.89 Å². The number of carbonyl (C=O) groups excluding carboxylic acids is 1. The Hall–Kier alpha value is -3.21. The average Bonchev–Trinajstić information content (AvgIpc) is 3.13. The molecular weight excluding hydrogens is 312 g/mol. The summed E-state index contributed by atoms with van der Waals surface area (Å²) < 4.78 is 0. The number of nitrogens with zero attached hydrogens (tertiary/aromatic N) is 2. The van der Waals surface area contributed by atoms with Crippen LogP contribution in [0.15, 0.2) is 59.7 Å². The predicted molar refractivity (Wildman–Crippen MR) is 99.6 cm³/mol. The summed E-state index contributed by atoms with van der Waals surface area (Å²) in [5, 5.41) is 10.9. The zero-order valence-corrected chi connectivity index (χ0v) is 14.3. The molecule has 1 aromatic heterocycles. The normalized spacial score (nSPS) is 11.0. The number of amides is 1. The number of hydrazone groups is 1. The van der Waals surface area contributed by atoms with E-state index in [4.69, 9.17) is 0 Å². The first-order chi connectivity index (χ1) is 12.2. The third-order valence-electron chi connectivity index (χ3n) is 3.94. The van der Waals surface area contributed by atoms with Crippen LogP contribution in [0.3, 0.4) is 0 Å². The summed E-state index contributed by atoms with van der Waals surface area (Å²) in [7, 11) is 0. The van der Waals surface area contributed by atoms with Gasteiger partial charge in [0.2, 0.25) is 0 Å². The molecule has 5 nitrogen and oxygen atoms in total.